The van der Waals surface area contributed by atoms with Crippen LogP contribution in [0.1, 0.15) is 64.1 Å². The van der Waals surface area contributed by atoms with E-state index in [1.165, 1.54) is 51.0 Å². The van der Waals surface area contributed by atoms with Crippen LogP contribution in [0.25, 0.3) is 6.08 Å². The second-order valence-corrected chi connectivity index (χ2v) is 5.11. The Labute approximate surface area is 122 Å². The first-order valence-electron chi connectivity index (χ1n) is 7.82. The van der Waals surface area contributed by atoms with Crippen molar-refractivity contribution in [1.82, 2.24) is 5.32 Å². The Morgan fingerprint density at radius 1 is 1.15 bits per heavy atom. The van der Waals surface area contributed by atoms with Crippen molar-refractivity contribution in [3.05, 3.63) is 30.2 Å². The van der Waals surface area contributed by atoms with Gasteiger partial charge in [0.15, 0.2) is 0 Å². The number of amides is 1. The summed E-state index contributed by atoms with van der Waals surface area (Å²) in [6.45, 7) is 3.00. The fraction of sp³-hybridized carbons (Fsp3) is 0.588. The largest absolute Gasteiger partial charge is 0.465 e. The molecule has 1 aromatic rings. The second-order valence-electron chi connectivity index (χ2n) is 5.11. The molecule has 1 heterocycles. The van der Waals surface area contributed by atoms with E-state index < -0.39 is 0 Å². The summed E-state index contributed by atoms with van der Waals surface area (Å²) in [6, 6.07) is 3.63. The number of carbonyl (C=O) groups is 1. The van der Waals surface area contributed by atoms with Crippen LogP contribution in [0.5, 0.6) is 0 Å². The van der Waals surface area contributed by atoms with Gasteiger partial charge in [0.05, 0.1) is 6.26 Å². The van der Waals surface area contributed by atoms with Gasteiger partial charge in [0.1, 0.15) is 5.76 Å². The Kier molecular flexibility index (Phi) is 9.37. The van der Waals surface area contributed by atoms with E-state index in [1.807, 2.05) is 6.07 Å². The molecule has 3 nitrogen and oxygen atoms in total. The Morgan fingerprint density at radius 3 is 2.50 bits per heavy atom. The molecule has 112 valence electrons. The second kappa shape index (κ2) is 11.3. The van der Waals surface area contributed by atoms with E-state index in [0.29, 0.717) is 5.76 Å². The van der Waals surface area contributed by atoms with Crippen molar-refractivity contribution in [1.29, 1.82) is 0 Å². The first-order chi connectivity index (χ1) is 9.83. The van der Waals surface area contributed by atoms with E-state index in [4.69, 9.17) is 4.42 Å². The van der Waals surface area contributed by atoms with Crippen molar-refractivity contribution >= 4 is 12.0 Å². The minimum Gasteiger partial charge on any atom is -0.465 e. The SMILES string of the molecule is CCCCCCCCCCNC(=O)/C=C/c1ccco1. The van der Waals surface area contributed by atoms with Crippen molar-refractivity contribution < 1.29 is 9.21 Å². The van der Waals surface area contributed by atoms with Crippen LogP contribution >= 0.6 is 0 Å². The van der Waals surface area contributed by atoms with E-state index in [0.717, 1.165) is 13.0 Å². The topological polar surface area (TPSA) is 42.2 Å². The highest BCUT2D eigenvalue weighted by molar-refractivity contribution is 5.91. The maximum absolute atomic E-state index is 11.5. The van der Waals surface area contributed by atoms with Gasteiger partial charge >= 0.3 is 0 Å². The number of furan rings is 1. The third-order valence-corrected chi connectivity index (χ3v) is 3.27. The molecular weight excluding hydrogens is 250 g/mol. The summed E-state index contributed by atoms with van der Waals surface area (Å²) >= 11 is 0. The van der Waals surface area contributed by atoms with Gasteiger partial charge in [0.2, 0.25) is 5.91 Å². The van der Waals surface area contributed by atoms with Gasteiger partial charge in [0.25, 0.3) is 0 Å². The first kappa shape index (κ1) is 16.5. The van der Waals surface area contributed by atoms with E-state index in [9.17, 15) is 4.79 Å². The van der Waals surface area contributed by atoms with E-state index in [2.05, 4.69) is 12.2 Å². The maximum Gasteiger partial charge on any atom is 0.244 e. The summed E-state index contributed by atoms with van der Waals surface area (Å²) in [5.74, 6) is 0.650. The van der Waals surface area contributed by atoms with Gasteiger partial charge in [-0.1, -0.05) is 51.9 Å². The van der Waals surface area contributed by atoms with Crippen molar-refractivity contribution in [2.45, 2.75) is 58.3 Å². The Balaban J connectivity index is 1.92. The zero-order valence-corrected chi connectivity index (χ0v) is 12.6. The minimum absolute atomic E-state index is 0.0515. The van der Waals surface area contributed by atoms with E-state index in [-0.39, 0.29) is 5.91 Å². The molecule has 0 spiro atoms. The normalized spacial score (nSPS) is 11.1. The number of hydrogen-bond acceptors (Lipinski definition) is 2. The molecule has 0 fully saturated rings. The highest BCUT2D eigenvalue weighted by atomic mass is 16.3. The minimum atomic E-state index is -0.0515. The fourth-order valence-electron chi connectivity index (χ4n) is 2.07. The summed E-state index contributed by atoms with van der Waals surface area (Å²) in [7, 11) is 0. The highest BCUT2D eigenvalue weighted by Crippen LogP contribution is 2.07. The molecule has 0 saturated heterocycles. The molecule has 0 aliphatic rings. The number of nitrogens with one attached hydrogen (secondary N) is 1. The summed E-state index contributed by atoms with van der Waals surface area (Å²) in [5.41, 5.74) is 0. The molecule has 0 saturated carbocycles. The number of hydrogen-bond donors (Lipinski definition) is 1. The Morgan fingerprint density at radius 2 is 1.85 bits per heavy atom. The van der Waals surface area contributed by atoms with Crippen molar-refractivity contribution in [3.8, 4) is 0 Å². The average molecular weight is 277 g/mol. The third-order valence-electron chi connectivity index (χ3n) is 3.27. The molecular formula is C17H27NO2. The highest BCUT2D eigenvalue weighted by Gasteiger charge is 1.96. The van der Waals surface area contributed by atoms with Crippen LogP contribution < -0.4 is 5.32 Å². The summed E-state index contributed by atoms with van der Waals surface area (Å²) < 4.78 is 5.11. The van der Waals surface area contributed by atoms with Crippen LogP contribution in [0.3, 0.4) is 0 Å². The fourth-order valence-corrected chi connectivity index (χ4v) is 2.07. The molecule has 1 rings (SSSR count). The monoisotopic (exact) mass is 277 g/mol. The molecule has 20 heavy (non-hydrogen) atoms. The lowest BCUT2D eigenvalue weighted by atomic mass is 10.1. The van der Waals surface area contributed by atoms with Crippen LogP contribution in [0.2, 0.25) is 0 Å². The smallest absolute Gasteiger partial charge is 0.244 e. The molecule has 0 aliphatic carbocycles. The van der Waals surface area contributed by atoms with Crippen LogP contribution in [0.4, 0.5) is 0 Å². The summed E-state index contributed by atoms with van der Waals surface area (Å²) in [4.78, 5) is 11.5. The zero-order valence-electron chi connectivity index (χ0n) is 12.6. The molecule has 1 aromatic heterocycles. The predicted molar refractivity (Wildman–Crippen MR) is 83.4 cm³/mol. The van der Waals surface area contributed by atoms with Crippen molar-refractivity contribution in [2.75, 3.05) is 6.54 Å². The Bertz CT molecular complexity index is 368. The lowest BCUT2D eigenvalue weighted by molar-refractivity contribution is -0.116. The molecule has 0 bridgehead atoms. The maximum atomic E-state index is 11.5. The average Bonchev–Trinajstić information content (AvgIpc) is 2.96. The van der Waals surface area contributed by atoms with Crippen molar-refractivity contribution in [2.24, 2.45) is 0 Å². The van der Waals surface area contributed by atoms with Crippen LogP contribution in [0.15, 0.2) is 28.9 Å². The van der Waals surface area contributed by atoms with Gasteiger partial charge < -0.3 is 9.73 Å². The summed E-state index contributed by atoms with van der Waals surface area (Å²) in [6.07, 6.45) is 15.0. The van der Waals surface area contributed by atoms with Gasteiger partial charge in [-0.05, 0) is 24.6 Å². The van der Waals surface area contributed by atoms with E-state index >= 15 is 0 Å². The molecule has 0 unspecified atom stereocenters. The molecule has 1 N–H and O–H groups in total. The van der Waals surface area contributed by atoms with Gasteiger partial charge in [-0.15, -0.1) is 0 Å². The van der Waals surface area contributed by atoms with Gasteiger partial charge in [-0.3, -0.25) is 4.79 Å². The van der Waals surface area contributed by atoms with Crippen LogP contribution in [0, 0.1) is 0 Å². The molecule has 0 aliphatic heterocycles. The molecule has 0 radical (unpaired) electrons. The molecule has 0 atom stereocenters. The zero-order chi connectivity index (χ0) is 14.5. The standard InChI is InChI=1S/C17H27NO2/c1-2-3-4-5-6-7-8-9-14-18-17(19)13-12-16-11-10-15-20-16/h10-13,15H,2-9,14H2,1H3,(H,18,19)/b13-12+. The molecule has 1 amide bonds. The van der Waals surface area contributed by atoms with Gasteiger partial charge in [-0.25, -0.2) is 0 Å². The third kappa shape index (κ3) is 8.57. The predicted octanol–water partition coefficient (Wildman–Crippen LogP) is 4.55. The Hall–Kier alpha value is -1.51. The number of carbonyl (C=O) groups excluding carboxylic acids is 1. The van der Waals surface area contributed by atoms with Crippen LogP contribution in [-0.4, -0.2) is 12.5 Å². The van der Waals surface area contributed by atoms with Crippen LogP contribution in [-0.2, 0) is 4.79 Å². The molecule has 3 heteroatoms. The van der Waals surface area contributed by atoms with E-state index in [1.54, 1.807) is 18.4 Å². The lowest BCUT2D eigenvalue weighted by Gasteiger charge is -2.02. The number of unbranched alkanes of at least 4 members (excludes halogenated alkanes) is 7. The number of rotatable bonds is 11. The van der Waals surface area contributed by atoms with Crippen molar-refractivity contribution in [3.63, 3.8) is 0 Å². The lowest BCUT2D eigenvalue weighted by Crippen LogP contribution is -2.21. The quantitative estimate of drug-likeness (QED) is 0.476. The summed E-state index contributed by atoms with van der Waals surface area (Å²) in [5, 5.41) is 2.89. The van der Waals surface area contributed by atoms with Gasteiger partial charge in [-0.2, -0.15) is 0 Å². The first-order valence-corrected chi connectivity index (χ1v) is 7.82. The van der Waals surface area contributed by atoms with Gasteiger partial charge in [0, 0.05) is 12.6 Å². The molecule has 0 aromatic carbocycles.